The molecule has 39 heavy (non-hydrogen) atoms. The van der Waals surface area contributed by atoms with E-state index in [0.29, 0.717) is 40.5 Å². The van der Waals surface area contributed by atoms with Crippen molar-refractivity contribution in [2.24, 2.45) is 0 Å². The minimum Gasteiger partial charge on any atom is -0.507 e. The highest BCUT2D eigenvalue weighted by atomic mass is 32.1. The van der Waals surface area contributed by atoms with Crippen molar-refractivity contribution in [3.05, 3.63) is 88.0 Å². The van der Waals surface area contributed by atoms with Crippen LogP contribution in [0, 0.1) is 13.8 Å². The monoisotopic (exact) mass is 548 g/mol. The van der Waals surface area contributed by atoms with Gasteiger partial charge in [-0.15, -0.1) is 0 Å². The summed E-state index contributed by atoms with van der Waals surface area (Å²) in [5, 5.41) is 11.6. The van der Waals surface area contributed by atoms with Gasteiger partial charge in [-0.3, -0.25) is 14.5 Å². The molecule has 202 valence electrons. The molecule has 0 unspecified atom stereocenters. The predicted octanol–water partition coefficient (Wildman–Crippen LogP) is 5.14. The van der Waals surface area contributed by atoms with Crippen LogP contribution in [0.4, 0.5) is 5.13 Å². The summed E-state index contributed by atoms with van der Waals surface area (Å²) in [6, 6.07) is 10.9. The molecular formula is C29H28N2O7S. The van der Waals surface area contributed by atoms with Crippen molar-refractivity contribution in [2.45, 2.75) is 26.8 Å². The van der Waals surface area contributed by atoms with Gasteiger partial charge < -0.3 is 19.3 Å². The number of ketones is 1. The Labute approximate surface area is 230 Å². The van der Waals surface area contributed by atoms with Crippen molar-refractivity contribution < 1.29 is 33.7 Å². The lowest BCUT2D eigenvalue weighted by Gasteiger charge is -2.23. The number of aliphatic hydroxyl groups excluding tert-OH is 1. The van der Waals surface area contributed by atoms with Crippen LogP contribution in [0.2, 0.25) is 0 Å². The van der Waals surface area contributed by atoms with E-state index < -0.39 is 23.7 Å². The van der Waals surface area contributed by atoms with Crippen LogP contribution in [0.25, 0.3) is 5.76 Å². The maximum absolute atomic E-state index is 13.5. The molecule has 9 nitrogen and oxygen atoms in total. The number of thiazole rings is 1. The number of aliphatic hydroxyl groups is 1. The molecule has 10 heteroatoms. The van der Waals surface area contributed by atoms with Crippen molar-refractivity contribution >= 4 is 39.9 Å². The van der Waals surface area contributed by atoms with Gasteiger partial charge in [0.05, 0.1) is 31.0 Å². The van der Waals surface area contributed by atoms with E-state index in [0.717, 1.165) is 11.3 Å². The fraction of sp³-hybridized carbons (Fsp3) is 0.241. The number of aryl methyl sites for hydroxylation is 2. The summed E-state index contributed by atoms with van der Waals surface area (Å²) in [4.78, 5) is 45.4. The van der Waals surface area contributed by atoms with E-state index in [9.17, 15) is 19.5 Å². The molecule has 2 aromatic carbocycles. The second kappa shape index (κ2) is 11.5. The lowest BCUT2D eigenvalue weighted by Crippen LogP contribution is -2.29. The average Bonchev–Trinajstić information content (AvgIpc) is 3.43. The van der Waals surface area contributed by atoms with Gasteiger partial charge in [0.1, 0.15) is 28.7 Å². The molecule has 1 N–H and O–H groups in total. The highest BCUT2D eigenvalue weighted by molar-refractivity contribution is 7.17. The van der Waals surface area contributed by atoms with Crippen LogP contribution < -0.4 is 14.4 Å². The summed E-state index contributed by atoms with van der Waals surface area (Å²) >= 11 is 0.936. The molecule has 4 rings (SSSR count). The molecule has 1 aliphatic rings. The van der Waals surface area contributed by atoms with Gasteiger partial charge in [0, 0.05) is 5.56 Å². The Bertz CT molecular complexity index is 1470. The third-order valence-electron chi connectivity index (χ3n) is 6.15. The van der Waals surface area contributed by atoms with Crippen LogP contribution in [0.3, 0.4) is 0 Å². The molecule has 1 atom stereocenters. The third-order valence-corrected chi connectivity index (χ3v) is 7.29. The minimum absolute atomic E-state index is 0.0173. The number of esters is 1. The number of Topliss-reactive ketones (excluding diaryl/α,β-unsaturated/α-hetero) is 1. The molecular weight excluding hydrogens is 520 g/mol. The topological polar surface area (TPSA) is 115 Å². The first-order valence-corrected chi connectivity index (χ1v) is 13.0. The zero-order valence-corrected chi connectivity index (χ0v) is 22.8. The Balaban J connectivity index is 1.89. The number of hydrogen-bond acceptors (Lipinski definition) is 9. The molecule has 0 aliphatic carbocycles. The number of carbonyl (C=O) groups is 3. The first-order chi connectivity index (χ1) is 18.7. The van der Waals surface area contributed by atoms with Gasteiger partial charge in [-0.25, -0.2) is 9.78 Å². The van der Waals surface area contributed by atoms with Crippen molar-refractivity contribution in [3.8, 4) is 11.5 Å². The average molecular weight is 549 g/mol. The van der Waals surface area contributed by atoms with Gasteiger partial charge >= 0.3 is 11.9 Å². The number of rotatable bonds is 9. The molecule has 0 saturated carbocycles. The highest BCUT2D eigenvalue weighted by Crippen LogP contribution is 2.44. The summed E-state index contributed by atoms with van der Waals surface area (Å²) in [7, 11) is 1.53. The maximum Gasteiger partial charge on any atom is 0.350 e. The van der Waals surface area contributed by atoms with Crippen LogP contribution in [-0.2, 0) is 14.3 Å². The first-order valence-electron chi connectivity index (χ1n) is 12.2. The van der Waals surface area contributed by atoms with Gasteiger partial charge in [-0.2, -0.15) is 0 Å². The summed E-state index contributed by atoms with van der Waals surface area (Å²) in [6.07, 6.45) is 1.45. The van der Waals surface area contributed by atoms with E-state index in [-0.39, 0.29) is 27.9 Å². The summed E-state index contributed by atoms with van der Waals surface area (Å²) in [5.74, 6) is -1.48. The number of anilines is 1. The Kier molecular flexibility index (Phi) is 8.15. The number of hydrogen-bond donors (Lipinski definition) is 1. The van der Waals surface area contributed by atoms with Gasteiger partial charge in [-0.05, 0) is 62.2 Å². The lowest BCUT2D eigenvalue weighted by molar-refractivity contribution is -0.132. The zero-order valence-electron chi connectivity index (χ0n) is 22.0. The molecule has 0 radical (unpaired) electrons. The maximum atomic E-state index is 13.5. The molecule has 1 aromatic heterocycles. The van der Waals surface area contributed by atoms with Gasteiger partial charge in [0.15, 0.2) is 5.13 Å². The molecule has 1 aliphatic heterocycles. The predicted molar refractivity (Wildman–Crippen MR) is 147 cm³/mol. The van der Waals surface area contributed by atoms with Crippen LogP contribution in [-0.4, -0.2) is 48.1 Å². The summed E-state index contributed by atoms with van der Waals surface area (Å²) in [6.45, 7) is 9.28. The molecule has 1 amide bonds. The minimum atomic E-state index is -1.01. The van der Waals surface area contributed by atoms with Crippen molar-refractivity contribution in [1.82, 2.24) is 4.98 Å². The van der Waals surface area contributed by atoms with Gasteiger partial charge in [-0.1, -0.05) is 36.1 Å². The van der Waals surface area contributed by atoms with Crippen molar-refractivity contribution in [3.63, 3.8) is 0 Å². The second-order valence-corrected chi connectivity index (χ2v) is 9.63. The standard InChI is InChI=1S/C29H28N2O7S/c1-6-14-38-28(35)26-17(4)30-29(39-26)31-23(18-8-10-19(11-9-18)37-7-2)22(25(33)27(31)34)24(32)21-13-12-20(36-5)15-16(21)3/h6,8-13,15,23,32H,1,7,14H2,2-5H3/b24-22+/t23-/m1/s1. The highest BCUT2D eigenvalue weighted by Gasteiger charge is 2.48. The number of ether oxygens (including phenoxy) is 3. The Morgan fingerprint density at radius 3 is 2.46 bits per heavy atom. The van der Waals surface area contributed by atoms with E-state index in [1.807, 2.05) is 6.92 Å². The quantitative estimate of drug-likeness (QED) is 0.129. The Morgan fingerprint density at radius 1 is 1.15 bits per heavy atom. The Hall–Kier alpha value is -4.44. The molecule has 3 aromatic rings. The van der Waals surface area contributed by atoms with E-state index >= 15 is 0 Å². The van der Waals surface area contributed by atoms with E-state index in [2.05, 4.69) is 11.6 Å². The summed E-state index contributed by atoms with van der Waals surface area (Å²) < 4.78 is 16.0. The molecule has 0 spiro atoms. The second-order valence-electron chi connectivity index (χ2n) is 8.65. The Morgan fingerprint density at radius 2 is 1.85 bits per heavy atom. The van der Waals surface area contributed by atoms with E-state index in [1.165, 1.54) is 18.1 Å². The van der Waals surface area contributed by atoms with E-state index in [1.54, 1.807) is 56.3 Å². The van der Waals surface area contributed by atoms with Gasteiger partial charge in [0.2, 0.25) is 0 Å². The largest absolute Gasteiger partial charge is 0.507 e. The molecule has 1 saturated heterocycles. The smallest absolute Gasteiger partial charge is 0.350 e. The fourth-order valence-electron chi connectivity index (χ4n) is 4.31. The third kappa shape index (κ3) is 5.28. The van der Waals surface area contributed by atoms with Gasteiger partial charge in [0.25, 0.3) is 5.78 Å². The molecule has 1 fully saturated rings. The number of methoxy groups -OCH3 is 1. The van der Waals surface area contributed by atoms with Crippen molar-refractivity contribution in [1.29, 1.82) is 0 Å². The molecule has 0 bridgehead atoms. The molecule has 2 heterocycles. The number of carbonyl (C=O) groups excluding carboxylic acids is 3. The number of nitrogens with zero attached hydrogens (tertiary/aromatic N) is 2. The summed E-state index contributed by atoms with van der Waals surface area (Å²) in [5.41, 5.74) is 1.84. The number of aromatic nitrogens is 1. The van der Waals surface area contributed by atoms with Crippen LogP contribution in [0.5, 0.6) is 11.5 Å². The zero-order chi connectivity index (χ0) is 28.3. The van der Waals surface area contributed by atoms with Crippen LogP contribution in [0.1, 0.15) is 45.0 Å². The SMILES string of the molecule is C=CCOC(=O)c1sc(N2C(=O)C(=O)/C(=C(/O)c3ccc(OC)cc3C)[C@H]2c2ccc(OCC)cc2)nc1C. The number of amides is 1. The van der Waals surface area contributed by atoms with Crippen LogP contribution >= 0.6 is 11.3 Å². The van der Waals surface area contributed by atoms with E-state index in [4.69, 9.17) is 14.2 Å². The number of benzene rings is 2. The normalized spacial score (nSPS) is 16.3. The lowest BCUT2D eigenvalue weighted by atomic mass is 9.94. The fourth-order valence-corrected chi connectivity index (χ4v) is 5.29. The van der Waals surface area contributed by atoms with Crippen molar-refractivity contribution in [2.75, 3.05) is 25.2 Å². The first kappa shape index (κ1) is 27.6. The van der Waals surface area contributed by atoms with Crippen LogP contribution in [0.15, 0.2) is 60.7 Å².